The number of hydrogen-bond donors (Lipinski definition) is 1. The van der Waals surface area contributed by atoms with Crippen molar-refractivity contribution in [2.24, 2.45) is 0 Å². The van der Waals surface area contributed by atoms with Crippen LogP contribution in [0.2, 0.25) is 0 Å². The van der Waals surface area contributed by atoms with Crippen molar-refractivity contribution >= 4 is 0 Å². The van der Waals surface area contributed by atoms with Gasteiger partial charge < -0.3 is 10.1 Å². The molecule has 2 aromatic rings. The van der Waals surface area contributed by atoms with Crippen molar-refractivity contribution in [2.75, 3.05) is 13.7 Å². The van der Waals surface area contributed by atoms with Gasteiger partial charge in [0.2, 0.25) is 5.88 Å². The van der Waals surface area contributed by atoms with E-state index >= 15 is 0 Å². The highest BCUT2D eigenvalue weighted by molar-refractivity contribution is 5.32. The van der Waals surface area contributed by atoms with E-state index < -0.39 is 0 Å². The second-order valence-electron chi connectivity index (χ2n) is 5.21. The normalized spacial score (nSPS) is 12.2. The Morgan fingerprint density at radius 1 is 1.14 bits per heavy atom. The zero-order chi connectivity index (χ0) is 15.2. The molecule has 0 spiro atoms. The summed E-state index contributed by atoms with van der Waals surface area (Å²) >= 11 is 0. The average molecular weight is 285 g/mol. The van der Waals surface area contributed by atoms with E-state index in [0.29, 0.717) is 5.88 Å². The summed E-state index contributed by atoms with van der Waals surface area (Å²) in [6.45, 7) is 7.32. The lowest BCUT2D eigenvalue weighted by Crippen LogP contribution is -2.23. The van der Waals surface area contributed by atoms with Crippen LogP contribution in [0.4, 0.5) is 0 Å². The van der Waals surface area contributed by atoms with Gasteiger partial charge in [0, 0.05) is 24.2 Å². The molecule has 4 heteroatoms. The Bertz CT molecular complexity index is 598. The van der Waals surface area contributed by atoms with Crippen LogP contribution in [0.15, 0.2) is 30.6 Å². The molecule has 0 aliphatic heterocycles. The zero-order valence-corrected chi connectivity index (χ0v) is 13.2. The molecule has 112 valence electrons. The first-order valence-corrected chi connectivity index (χ1v) is 7.29. The van der Waals surface area contributed by atoms with Gasteiger partial charge in [-0.15, -0.1) is 0 Å². The van der Waals surface area contributed by atoms with Gasteiger partial charge in [-0.05, 0) is 37.1 Å². The van der Waals surface area contributed by atoms with Gasteiger partial charge in [-0.2, -0.15) is 0 Å². The molecule has 0 saturated carbocycles. The maximum Gasteiger partial charge on any atom is 0.216 e. The number of nitrogens with zero attached hydrogens (tertiary/aromatic N) is 2. The van der Waals surface area contributed by atoms with Crippen LogP contribution in [0.3, 0.4) is 0 Å². The Balaban J connectivity index is 2.23. The number of hydrogen-bond acceptors (Lipinski definition) is 4. The molecule has 0 bridgehead atoms. The third-order valence-electron chi connectivity index (χ3n) is 3.70. The van der Waals surface area contributed by atoms with Crippen molar-refractivity contribution < 1.29 is 4.74 Å². The first kappa shape index (κ1) is 15.4. The number of nitrogens with one attached hydrogen (secondary N) is 1. The number of likely N-dealkylation sites (N-methyl/N-ethyl adjacent to an activating group) is 1. The molecule has 2 rings (SSSR count). The minimum atomic E-state index is 0.244. The van der Waals surface area contributed by atoms with Crippen LogP contribution >= 0.6 is 0 Å². The number of aryl methyl sites for hydroxylation is 2. The standard InChI is InChI=1S/C17H23N3O/c1-5-18-16(14-7-6-12(2)13(3)8-14)9-15-10-17(21-4)20-11-19-15/h6-8,10-11,16,18H,5,9H2,1-4H3. The quantitative estimate of drug-likeness (QED) is 0.886. The van der Waals surface area contributed by atoms with Gasteiger partial charge in [0.15, 0.2) is 0 Å². The Morgan fingerprint density at radius 3 is 2.62 bits per heavy atom. The van der Waals surface area contributed by atoms with E-state index in [4.69, 9.17) is 4.74 Å². The molecule has 0 saturated heterocycles. The van der Waals surface area contributed by atoms with Gasteiger partial charge in [-0.3, -0.25) is 0 Å². The van der Waals surface area contributed by atoms with Crippen molar-refractivity contribution in [3.05, 3.63) is 53.0 Å². The lowest BCUT2D eigenvalue weighted by Gasteiger charge is -2.19. The molecule has 0 aliphatic rings. The summed E-state index contributed by atoms with van der Waals surface area (Å²) in [5.74, 6) is 0.607. The van der Waals surface area contributed by atoms with Crippen LogP contribution in [0.25, 0.3) is 0 Å². The van der Waals surface area contributed by atoms with Gasteiger partial charge >= 0.3 is 0 Å². The van der Waals surface area contributed by atoms with Gasteiger partial charge in [0.05, 0.1) is 7.11 Å². The summed E-state index contributed by atoms with van der Waals surface area (Å²) in [5.41, 5.74) is 4.90. The topological polar surface area (TPSA) is 47.0 Å². The second kappa shape index (κ2) is 7.18. The van der Waals surface area contributed by atoms with Crippen molar-refractivity contribution in [3.63, 3.8) is 0 Å². The monoisotopic (exact) mass is 285 g/mol. The fourth-order valence-electron chi connectivity index (χ4n) is 2.35. The van der Waals surface area contributed by atoms with Crippen LogP contribution in [-0.2, 0) is 6.42 Å². The molecule has 0 radical (unpaired) electrons. The van der Waals surface area contributed by atoms with Crippen LogP contribution in [0, 0.1) is 13.8 Å². The predicted octanol–water partition coefficient (Wildman–Crippen LogP) is 3.00. The molecule has 1 N–H and O–H groups in total. The third kappa shape index (κ3) is 4.02. The summed E-state index contributed by atoms with van der Waals surface area (Å²) in [6.07, 6.45) is 2.37. The molecule has 1 atom stereocenters. The van der Waals surface area contributed by atoms with Crippen molar-refractivity contribution in [2.45, 2.75) is 33.2 Å². The molecule has 0 aliphatic carbocycles. The molecule has 1 aromatic heterocycles. The minimum Gasteiger partial charge on any atom is -0.481 e. The molecule has 1 aromatic carbocycles. The van der Waals surface area contributed by atoms with E-state index in [-0.39, 0.29) is 6.04 Å². The van der Waals surface area contributed by atoms with E-state index in [0.717, 1.165) is 18.7 Å². The molecular weight excluding hydrogens is 262 g/mol. The molecule has 0 amide bonds. The van der Waals surface area contributed by atoms with Gasteiger partial charge in [-0.1, -0.05) is 25.1 Å². The fourth-order valence-corrected chi connectivity index (χ4v) is 2.35. The van der Waals surface area contributed by atoms with E-state index in [1.165, 1.54) is 16.7 Å². The van der Waals surface area contributed by atoms with E-state index in [9.17, 15) is 0 Å². The maximum atomic E-state index is 5.17. The summed E-state index contributed by atoms with van der Waals surface area (Å²) in [4.78, 5) is 8.40. The fraction of sp³-hybridized carbons (Fsp3) is 0.412. The number of ether oxygens (including phenoxy) is 1. The van der Waals surface area contributed by atoms with Crippen LogP contribution in [0.5, 0.6) is 5.88 Å². The minimum absolute atomic E-state index is 0.244. The van der Waals surface area contributed by atoms with Crippen LogP contribution in [0.1, 0.15) is 35.3 Å². The Morgan fingerprint density at radius 2 is 1.95 bits per heavy atom. The molecule has 1 heterocycles. The van der Waals surface area contributed by atoms with Crippen LogP contribution in [-0.4, -0.2) is 23.6 Å². The Hall–Kier alpha value is -1.94. The molecule has 0 fully saturated rings. The van der Waals surface area contributed by atoms with E-state index in [2.05, 4.69) is 54.3 Å². The number of rotatable bonds is 6. The summed E-state index contributed by atoms with van der Waals surface area (Å²) in [5, 5.41) is 3.53. The summed E-state index contributed by atoms with van der Waals surface area (Å²) in [6, 6.07) is 8.75. The zero-order valence-electron chi connectivity index (χ0n) is 13.2. The number of benzene rings is 1. The lowest BCUT2D eigenvalue weighted by atomic mass is 9.97. The van der Waals surface area contributed by atoms with E-state index in [1.54, 1.807) is 13.4 Å². The second-order valence-corrected chi connectivity index (χ2v) is 5.21. The number of aromatic nitrogens is 2. The maximum absolute atomic E-state index is 5.17. The number of methoxy groups -OCH3 is 1. The smallest absolute Gasteiger partial charge is 0.216 e. The van der Waals surface area contributed by atoms with Gasteiger partial charge in [0.25, 0.3) is 0 Å². The Kier molecular flexibility index (Phi) is 5.28. The SMILES string of the molecule is CCNC(Cc1cc(OC)ncn1)c1ccc(C)c(C)c1. The highest BCUT2D eigenvalue weighted by Crippen LogP contribution is 2.21. The first-order valence-electron chi connectivity index (χ1n) is 7.29. The Labute approximate surface area is 126 Å². The largest absolute Gasteiger partial charge is 0.481 e. The lowest BCUT2D eigenvalue weighted by molar-refractivity contribution is 0.395. The molecular formula is C17H23N3O. The summed E-state index contributed by atoms with van der Waals surface area (Å²) in [7, 11) is 1.62. The highest BCUT2D eigenvalue weighted by Gasteiger charge is 2.13. The average Bonchev–Trinajstić information content (AvgIpc) is 2.50. The van der Waals surface area contributed by atoms with Crippen molar-refractivity contribution in [3.8, 4) is 5.88 Å². The van der Waals surface area contributed by atoms with Gasteiger partial charge in [0.1, 0.15) is 6.33 Å². The van der Waals surface area contributed by atoms with Gasteiger partial charge in [-0.25, -0.2) is 9.97 Å². The van der Waals surface area contributed by atoms with Crippen molar-refractivity contribution in [1.82, 2.24) is 15.3 Å². The third-order valence-corrected chi connectivity index (χ3v) is 3.70. The predicted molar refractivity (Wildman–Crippen MR) is 84.6 cm³/mol. The van der Waals surface area contributed by atoms with E-state index in [1.807, 2.05) is 6.07 Å². The molecule has 21 heavy (non-hydrogen) atoms. The molecule has 1 unspecified atom stereocenters. The van der Waals surface area contributed by atoms with Crippen molar-refractivity contribution in [1.29, 1.82) is 0 Å². The summed E-state index contributed by atoms with van der Waals surface area (Å²) < 4.78 is 5.17. The molecule has 4 nitrogen and oxygen atoms in total. The van der Waals surface area contributed by atoms with Crippen LogP contribution < -0.4 is 10.1 Å². The highest BCUT2D eigenvalue weighted by atomic mass is 16.5. The first-order chi connectivity index (χ1) is 10.1.